The van der Waals surface area contributed by atoms with Gasteiger partial charge in [-0.15, -0.1) is 11.3 Å². The fourth-order valence-corrected chi connectivity index (χ4v) is 3.51. The standard InChI is InChI=1S/C14H12BrN3OS/c1-18-11-5-3-2-4-9(11)13(17-18)14(19)16-8-12-10(15)6-7-20-12/h2-7H,8H2,1H3,(H,16,19). The van der Waals surface area contributed by atoms with Gasteiger partial charge < -0.3 is 5.32 Å². The van der Waals surface area contributed by atoms with E-state index < -0.39 is 0 Å². The maximum absolute atomic E-state index is 12.3. The number of aromatic nitrogens is 2. The predicted octanol–water partition coefficient (Wildman–Crippen LogP) is 3.33. The summed E-state index contributed by atoms with van der Waals surface area (Å²) in [6.07, 6.45) is 0. The molecule has 0 saturated heterocycles. The molecule has 20 heavy (non-hydrogen) atoms. The predicted molar refractivity (Wildman–Crippen MR) is 83.9 cm³/mol. The second kappa shape index (κ2) is 5.38. The third-order valence-corrected chi connectivity index (χ3v) is 5.00. The van der Waals surface area contributed by atoms with Crippen molar-refractivity contribution >= 4 is 44.1 Å². The van der Waals surface area contributed by atoms with Crippen LogP contribution in [0, 0.1) is 0 Å². The Bertz CT molecular complexity index is 778. The van der Waals surface area contributed by atoms with Gasteiger partial charge in [-0.1, -0.05) is 18.2 Å². The van der Waals surface area contributed by atoms with Crippen LogP contribution in [0.4, 0.5) is 0 Å². The molecular weight excluding hydrogens is 338 g/mol. The van der Waals surface area contributed by atoms with Gasteiger partial charge in [-0.2, -0.15) is 5.10 Å². The first-order valence-corrected chi connectivity index (χ1v) is 7.76. The summed E-state index contributed by atoms with van der Waals surface area (Å²) in [5.74, 6) is -0.151. The summed E-state index contributed by atoms with van der Waals surface area (Å²) in [6.45, 7) is 0.502. The van der Waals surface area contributed by atoms with Gasteiger partial charge in [0, 0.05) is 21.8 Å². The van der Waals surface area contributed by atoms with E-state index in [1.165, 1.54) is 0 Å². The Morgan fingerprint density at radius 2 is 2.20 bits per heavy atom. The highest BCUT2D eigenvalue weighted by atomic mass is 79.9. The number of nitrogens with one attached hydrogen (secondary N) is 1. The van der Waals surface area contributed by atoms with Crippen LogP contribution in [0.5, 0.6) is 0 Å². The molecule has 6 heteroatoms. The minimum Gasteiger partial charge on any atom is -0.346 e. The van der Waals surface area contributed by atoms with Crippen LogP contribution < -0.4 is 5.32 Å². The highest BCUT2D eigenvalue weighted by Gasteiger charge is 2.15. The van der Waals surface area contributed by atoms with Gasteiger partial charge in [-0.3, -0.25) is 9.48 Å². The van der Waals surface area contributed by atoms with Crippen LogP contribution in [-0.4, -0.2) is 15.7 Å². The molecule has 1 amide bonds. The van der Waals surface area contributed by atoms with E-state index in [0.717, 1.165) is 20.3 Å². The number of rotatable bonds is 3. The second-order valence-electron chi connectivity index (χ2n) is 4.36. The normalized spacial score (nSPS) is 10.9. The van der Waals surface area contributed by atoms with Crippen molar-refractivity contribution in [2.75, 3.05) is 0 Å². The van der Waals surface area contributed by atoms with E-state index >= 15 is 0 Å². The molecule has 0 aliphatic heterocycles. The van der Waals surface area contributed by atoms with E-state index in [9.17, 15) is 4.79 Å². The molecule has 4 nitrogen and oxygen atoms in total. The zero-order valence-electron chi connectivity index (χ0n) is 10.8. The molecule has 0 spiro atoms. The molecule has 3 rings (SSSR count). The molecule has 0 fully saturated rings. The molecule has 2 aromatic heterocycles. The lowest BCUT2D eigenvalue weighted by molar-refractivity contribution is 0.0947. The second-order valence-corrected chi connectivity index (χ2v) is 6.22. The number of para-hydroxylation sites is 1. The highest BCUT2D eigenvalue weighted by molar-refractivity contribution is 9.10. The van der Waals surface area contributed by atoms with Crippen LogP contribution in [0.2, 0.25) is 0 Å². The lowest BCUT2D eigenvalue weighted by Crippen LogP contribution is -2.23. The minimum absolute atomic E-state index is 0.151. The van der Waals surface area contributed by atoms with Crippen molar-refractivity contribution in [1.82, 2.24) is 15.1 Å². The number of carbonyl (C=O) groups excluding carboxylic acids is 1. The molecule has 3 aromatic rings. The first-order valence-electron chi connectivity index (χ1n) is 6.08. The van der Waals surface area contributed by atoms with E-state index in [0.29, 0.717) is 12.2 Å². The topological polar surface area (TPSA) is 46.9 Å². The van der Waals surface area contributed by atoms with Crippen molar-refractivity contribution in [1.29, 1.82) is 0 Å². The molecule has 0 saturated carbocycles. The number of halogens is 1. The van der Waals surface area contributed by atoms with Crippen LogP contribution in [0.25, 0.3) is 10.9 Å². The first kappa shape index (κ1) is 13.3. The van der Waals surface area contributed by atoms with Crippen LogP contribution in [0.15, 0.2) is 40.2 Å². The number of amides is 1. The third kappa shape index (κ3) is 2.36. The zero-order chi connectivity index (χ0) is 14.1. The number of nitrogens with zero attached hydrogens (tertiary/aromatic N) is 2. The first-order chi connectivity index (χ1) is 9.66. The molecule has 102 valence electrons. The monoisotopic (exact) mass is 349 g/mol. The van der Waals surface area contributed by atoms with Crippen LogP contribution in [0.3, 0.4) is 0 Å². The number of hydrogen-bond donors (Lipinski definition) is 1. The zero-order valence-corrected chi connectivity index (χ0v) is 13.2. The molecule has 0 bridgehead atoms. The van der Waals surface area contributed by atoms with Gasteiger partial charge in [0.2, 0.25) is 0 Å². The maximum atomic E-state index is 12.3. The number of benzene rings is 1. The summed E-state index contributed by atoms with van der Waals surface area (Å²) in [6, 6.07) is 9.70. The van der Waals surface area contributed by atoms with Gasteiger partial charge in [-0.05, 0) is 33.4 Å². The minimum atomic E-state index is -0.151. The van der Waals surface area contributed by atoms with Crippen molar-refractivity contribution < 1.29 is 4.79 Å². The molecule has 0 aliphatic carbocycles. The largest absolute Gasteiger partial charge is 0.346 e. The molecule has 2 heterocycles. The average Bonchev–Trinajstić information content (AvgIpc) is 3.01. The van der Waals surface area contributed by atoms with Crippen LogP contribution in [0.1, 0.15) is 15.4 Å². The van der Waals surface area contributed by atoms with Crippen molar-refractivity contribution in [2.45, 2.75) is 6.54 Å². The molecule has 0 aliphatic rings. The Morgan fingerprint density at radius 1 is 1.40 bits per heavy atom. The Balaban J connectivity index is 1.84. The van der Waals surface area contributed by atoms with Gasteiger partial charge in [0.25, 0.3) is 5.91 Å². The van der Waals surface area contributed by atoms with E-state index in [2.05, 4.69) is 26.3 Å². The Labute approximate surface area is 128 Å². The molecule has 0 unspecified atom stereocenters. The average molecular weight is 350 g/mol. The molecule has 0 atom stereocenters. The van der Waals surface area contributed by atoms with Crippen molar-refractivity contribution in [2.24, 2.45) is 7.05 Å². The van der Waals surface area contributed by atoms with E-state index in [4.69, 9.17) is 0 Å². The fourth-order valence-electron chi connectivity index (χ4n) is 2.08. The van der Waals surface area contributed by atoms with Gasteiger partial charge in [0.15, 0.2) is 5.69 Å². The fraction of sp³-hybridized carbons (Fsp3) is 0.143. The lowest BCUT2D eigenvalue weighted by atomic mass is 10.2. The van der Waals surface area contributed by atoms with E-state index in [1.807, 2.05) is 42.8 Å². The van der Waals surface area contributed by atoms with Crippen LogP contribution in [-0.2, 0) is 13.6 Å². The van der Waals surface area contributed by atoms with Crippen molar-refractivity contribution in [3.63, 3.8) is 0 Å². The number of fused-ring (bicyclic) bond motifs is 1. The highest BCUT2D eigenvalue weighted by Crippen LogP contribution is 2.22. The Morgan fingerprint density at radius 3 is 2.95 bits per heavy atom. The SMILES string of the molecule is Cn1nc(C(=O)NCc2sccc2Br)c2ccccc21. The number of hydrogen-bond acceptors (Lipinski definition) is 3. The molecule has 0 radical (unpaired) electrons. The van der Waals surface area contributed by atoms with E-state index in [-0.39, 0.29) is 5.91 Å². The summed E-state index contributed by atoms with van der Waals surface area (Å²) < 4.78 is 2.75. The van der Waals surface area contributed by atoms with Gasteiger partial charge in [0.1, 0.15) is 0 Å². The lowest BCUT2D eigenvalue weighted by Gasteiger charge is -2.02. The number of carbonyl (C=O) groups is 1. The molecular formula is C14H12BrN3OS. The van der Waals surface area contributed by atoms with Crippen molar-refractivity contribution in [3.05, 3.63) is 50.8 Å². The number of thiophene rings is 1. The van der Waals surface area contributed by atoms with Gasteiger partial charge in [0.05, 0.1) is 12.1 Å². The van der Waals surface area contributed by atoms with Gasteiger partial charge >= 0.3 is 0 Å². The smallest absolute Gasteiger partial charge is 0.272 e. The maximum Gasteiger partial charge on any atom is 0.272 e. The molecule has 1 N–H and O–H groups in total. The Kier molecular flexibility index (Phi) is 3.58. The summed E-state index contributed by atoms with van der Waals surface area (Å²) in [7, 11) is 1.84. The summed E-state index contributed by atoms with van der Waals surface area (Å²) in [5.41, 5.74) is 1.42. The Hall–Kier alpha value is -1.66. The summed E-state index contributed by atoms with van der Waals surface area (Å²) >= 11 is 5.06. The number of aryl methyl sites for hydroxylation is 1. The summed E-state index contributed by atoms with van der Waals surface area (Å²) in [4.78, 5) is 13.4. The van der Waals surface area contributed by atoms with Gasteiger partial charge in [-0.25, -0.2) is 0 Å². The summed E-state index contributed by atoms with van der Waals surface area (Å²) in [5, 5.41) is 10.1. The quantitative estimate of drug-likeness (QED) is 0.788. The van der Waals surface area contributed by atoms with Crippen LogP contribution >= 0.6 is 27.3 Å². The third-order valence-electron chi connectivity index (χ3n) is 3.07. The molecule has 1 aromatic carbocycles. The van der Waals surface area contributed by atoms with Crippen molar-refractivity contribution in [3.8, 4) is 0 Å². The van der Waals surface area contributed by atoms with E-state index in [1.54, 1.807) is 16.0 Å².